The van der Waals surface area contributed by atoms with Gasteiger partial charge >= 0.3 is 5.97 Å². The molecule has 0 fully saturated rings. The molecule has 2 N–H and O–H groups in total. The van der Waals surface area contributed by atoms with E-state index in [0.717, 1.165) is 46.2 Å². The Morgan fingerprint density at radius 2 is 1.05 bits per heavy atom. The van der Waals surface area contributed by atoms with Crippen molar-refractivity contribution in [3.8, 4) is 11.5 Å². The summed E-state index contributed by atoms with van der Waals surface area (Å²) in [5.41, 5.74) is 4.92. The summed E-state index contributed by atoms with van der Waals surface area (Å²) in [5, 5.41) is 20.9. The van der Waals surface area contributed by atoms with Crippen LogP contribution in [0.25, 0.3) is 0 Å². The topological polar surface area (TPSA) is 66.8 Å². The van der Waals surface area contributed by atoms with Gasteiger partial charge in [-0.3, -0.25) is 4.79 Å². The van der Waals surface area contributed by atoms with Crippen LogP contribution in [0.2, 0.25) is 0 Å². The van der Waals surface area contributed by atoms with Crippen LogP contribution >= 0.6 is 0 Å². The van der Waals surface area contributed by atoms with Crippen molar-refractivity contribution in [1.29, 1.82) is 0 Å². The van der Waals surface area contributed by atoms with Crippen LogP contribution in [-0.4, -0.2) is 22.8 Å². The van der Waals surface area contributed by atoms with Crippen LogP contribution in [0, 0.1) is 33.6 Å². The standard InChI is InChI=1S/C39H62O4/c1-8-10-12-14-15-17-19-21-33(20-18-16-13-11-9-2)28-43-36(40)22-23-39(7,34-24-29(3)37(41)30(4)25-34)35-26-31(5)38(42)32(6)27-35/h24-27,33,41-42H,8-23,28H2,1-7H3. The van der Waals surface area contributed by atoms with Crippen LogP contribution in [-0.2, 0) is 14.9 Å². The number of carbonyl (C=O) groups is 1. The van der Waals surface area contributed by atoms with Crippen molar-refractivity contribution in [3.63, 3.8) is 0 Å². The quantitative estimate of drug-likeness (QED) is 0.111. The molecule has 0 radical (unpaired) electrons. The van der Waals surface area contributed by atoms with Crippen LogP contribution < -0.4 is 0 Å². The van der Waals surface area contributed by atoms with Crippen LogP contribution in [0.1, 0.15) is 157 Å². The highest BCUT2D eigenvalue weighted by molar-refractivity contribution is 5.70. The number of aromatic hydroxyl groups is 2. The van der Waals surface area contributed by atoms with Crippen molar-refractivity contribution in [2.75, 3.05) is 6.61 Å². The maximum Gasteiger partial charge on any atom is 0.305 e. The summed E-state index contributed by atoms with van der Waals surface area (Å²) in [6.45, 7) is 14.9. The number of rotatable bonds is 21. The lowest BCUT2D eigenvalue weighted by molar-refractivity contribution is -0.145. The summed E-state index contributed by atoms with van der Waals surface area (Å²) >= 11 is 0. The zero-order chi connectivity index (χ0) is 31.8. The van der Waals surface area contributed by atoms with E-state index in [-0.39, 0.29) is 5.97 Å². The van der Waals surface area contributed by atoms with Gasteiger partial charge in [0, 0.05) is 11.8 Å². The minimum atomic E-state index is -0.484. The fourth-order valence-corrected chi connectivity index (χ4v) is 6.38. The van der Waals surface area contributed by atoms with Gasteiger partial charge in [0.1, 0.15) is 11.5 Å². The Morgan fingerprint density at radius 3 is 1.44 bits per heavy atom. The first-order valence-corrected chi connectivity index (χ1v) is 17.3. The normalized spacial score (nSPS) is 12.4. The van der Waals surface area contributed by atoms with Crippen LogP contribution in [0.5, 0.6) is 11.5 Å². The van der Waals surface area contributed by atoms with Gasteiger partial charge in [-0.2, -0.15) is 0 Å². The summed E-state index contributed by atoms with van der Waals surface area (Å²) in [5.74, 6) is 0.925. The summed E-state index contributed by atoms with van der Waals surface area (Å²) in [7, 11) is 0. The Bertz CT molecular complexity index is 1010. The second-order valence-corrected chi connectivity index (χ2v) is 13.4. The Morgan fingerprint density at radius 1 is 0.674 bits per heavy atom. The number of esters is 1. The number of aryl methyl sites for hydroxylation is 4. The average Bonchev–Trinajstić information content (AvgIpc) is 2.98. The number of hydrogen-bond acceptors (Lipinski definition) is 4. The monoisotopic (exact) mass is 594 g/mol. The predicted molar refractivity (Wildman–Crippen MR) is 181 cm³/mol. The zero-order valence-corrected chi connectivity index (χ0v) is 28.6. The lowest BCUT2D eigenvalue weighted by atomic mass is 9.71. The molecule has 0 heterocycles. The molecule has 1 unspecified atom stereocenters. The van der Waals surface area contributed by atoms with Gasteiger partial charge in [0.2, 0.25) is 0 Å². The average molecular weight is 595 g/mol. The van der Waals surface area contributed by atoms with E-state index in [0.29, 0.717) is 36.9 Å². The fourth-order valence-electron chi connectivity index (χ4n) is 6.38. The van der Waals surface area contributed by atoms with Crippen molar-refractivity contribution >= 4 is 5.97 Å². The van der Waals surface area contributed by atoms with Gasteiger partial charge in [-0.05, 0) is 86.3 Å². The third kappa shape index (κ3) is 11.8. The molecule has 0 aliphatic carbocycles. The maximum absolute atomic E-state index is 13.2. The van der Waals surface area contributed by atoms with Gasteiger partial charge in [-0.25, -0.2) is 0 Å². The molecule has 0 bridgehead atoms. The van der Waals surface area contributed by atoms with E-state index in [1.807, 2.05) is 52.0 Å². The number of unbranched alkanes of at least 4 members (excludes halogenated alkanes) is 10. The Balaban J connectivity index is 2.09. The molecule has 43 heavy (non-hydrogen) atoms. The molecular weight excluding hydrogens is 532 g/mol. The molecular formula is C39H62O4. The molecule has 1 atom stereocenters. The van der Waals surface area contributed by atoms with E-state index < -0.39 is 5.41 Å². The Hall–Kier alpha value is -2.49. The number of phenols is 2. The van der Waals surface area contributed by atoms with E-state index in [4.69, 9.17) is 4.74 Å². The van der Waals surface area contributed by atoms with E-state index in [1.54, 1.807) is 0 Å². The first-order chi connectivity index (χ1) is 20.5. The van der Waals surface area contributed by atoms with Gasteiger partial charge < -0.3 is 14.9 Å². The molecule has 4 heteroatoms. The smallest absolute Gasteiger partial charge is 0.305 e. The summed E-state index contributed by atoms with van der Waals surface area (Å²) in [4.78, 5) is 13.2. The Kier molecular flexibility index (Phi) is 16.2. The van der Waals surface area contributed by atoms with E-state index >= 15 is 0 Å². The van der Waals surface area contributed by atoms with E-state index in [9.17, 15) is 15.0 Å². The fraction of sp³-hybridized carbons (Fsp3) is 0.667. The second-order valence-electron chi connectivity index (χ2n) is 13.4. The highest BCUT2D eigenvalue weighted by Crippen LogP contribution is 2.41. The van der Waals surface area contributed by atoms with Crippen LogP contribution in [0.15, 0.2) is 24.3 Å². The third-order valence-electron chi connectivity index (χ3n) is 9.50. The minimum absolute atomic E-state index is 0.138. The van der Waals surface area contributed by atoms with Gasteiger partial charge in [0.15, 0.2) is 0 Å². The van der Waals surface area contributed by atoms with E-state index in [1.165, 1.54) is 77.0 Å². The van der Waals surface area contributed by atoms with Crippen molar-refractivity contribution in [1.82, 2.24) is 0 Å². The van der Waals surface area contributed by atoms with Crippen LogP contribution in [0.4, 0.5) is 0 Å². The molecule has 0 saturated heterocycles. The van der Waals surface area contributed by atoms with Crippen molar-refractivity contribution in [2.45, 2.75) is 157 Å². The predicted octanol–water partition coefficient (Wildman–Crippen LogP) is 11.1. The molecule has 2 rings (SSSR count). The number of benzene rings is 2. The molecule has 0 amide bonds. The summed E-state index contributed by atoms with van der Waals surface area (Å²) in [6, 6.07) is 8.12. The molecule has 2 aromatic carbocycles. The molecule has 0 aromatic heterocycles. The highest BCUT2D eigenvalue weighted by atomic mass is 16.5. The molecule has 4 nitrogen and oxygen atoms in total. The molecule has 2 aromatic rings. The molecule has 0 aliphatic rings. The molecule has 0 aliphatic heterocycles. The van der Waals surface area contributed by atoms with Crippen molar-refractivity contribution in [2.24, 2.45) is 5.92 Å². The number of carbonyl (C=O) groups excluding carboxylic acids is 1. The summed E-state index contributed by atoms with van der Waals surface area (Å²) in [6.07, 6.45) is 18.6. The number of ether oxygens (including phenoxy) is 1. The lowest BCUT2D eigenvalue weighted by Crippen LogP contribution is -2.26. The largest absolute Gasteiger partial charge is 0.507 e. The maximum atomic E-state index is 13.2. The van der Waals surface area contributed by atoms with Gasteiger partial charge in [-0.1, -0.05) is 122 Å². The Labute approximate surface area is 263 Å². The first kappa shape index (κ1) is 36.7. The van der Waals surface area contributed by atoms with Gasteiger partial charge in [-0.15, -0.1) is 0 Å². The minimum Gasteiger partial charge on any atom is -0.507 e. The molecule has 0 saturated carbocycles. The first-order valence-electron chi connectivity index (χ1n) is 17.3. The highest BCUT2D eigenvalue weighted by Gasteiger charge is 2.32. The number of phenolic OH excluding ortho intramolecular Hbond substituents is 2. The second kappa shape index (κ2) is 19.0. The van der Waals surface area contributed by atoms with Crippen molar-refractivity contribution < 1.29 is 19.7 Å². The lowest BCUT2D eigenvalue weighted by Gasteiger charge is -2.33. The van der Waals surface area contributed by atoms with Crippen LogP contribution in [0.3, 0.4) is 0 Å². The molecule has 242 valence electrons. The van der Waals surface area contributed by atoms with E-state index in [2.05, 4.69) is 20.8 Å². The van der Waals surface area contributed by atoms with Crippen molar-refractivity contribution in [3.05, 3.63) is 57.6 Å². The summed E-state index contributed by atoms with van der Waals surface area (Å²) < 4.78 is 5.97. The van der Waals surface area contributed by atoms with Gasteiger partial charge in [0.25, 0.3) is 0 Å². The SMILES string of the molecule is CCCCCCCCCC(CCCCCCC)COC(=O)CCC(C)(c1cc(C)c(O)c(C)c1)c1cc(C)c(O)c(C)c1. The third-order valence-corrected chi connectivity index (χ3v) is 9.50. The van der Waals surface area contributed by atoms with Gasteiger partial charge in [0.05, 0.1) is 6.61 Å². The number of hydrogen-bond donors (Lipinski definition) is 2. The molecule has 0 spiro atoms. The zero-order valence-electron chi connectivity index (χ0n) is 28.6.